The quantitative estimate of drug-likeness (QED) is 0.612. The first kappa shape index (κ1) is 8.35. The first-order valence-corrected chi connectivity index (χ1v) is 4.32. The molecule has 1 aliphatic rings. The fourth-order valence-corrected chi connectivity index (χ4v) is 1.60. The number of ketones is 1. The number of aromatic nitrogens is 1. The van der Waals surface area contributed by atoms with Crippen molar-refractivity contribution >= 4 is 5.78 Å². The lowest BCUT2D eigenvalue weighted by Gasteiger charge is -2.17. The molecule has 1 heterocycles. The number of halogens is 1. The van der Waals surface area contributed by atoms with Crippen molar-refractivity contribution in [3.05, 3.63) is 29.1 Å². The Morgan fingerprint density at radius 1 is 1.62 bits per heavy atom. The summed E-state index contributed by atoms with van der Waals surface area (Å²) in [5.41, 5.74) is 1.69. The van der Waals surface area contributed by atoms with Crippen LogP contribution in [0.25, 0.3) is 0 Å². The number of rotatable bonds is 0. The summed E-state index contributed by atoms with van der Waals surface area (Å²) in [5, 5.41) is 0. The molecule has 0 fully saturated rings. The van der Waals surface area contributed by atoms with E-state index in [2.05, 4.69) is 4.98 Å². The lowest BCUT2D eigenvalue weighted by molar-refractivity contribution is 0.0943. The van der Waals surface area contributed by atoms with Crippen LogP contribution in [0.2, 0.25) is 0 Å². The predicted molar refractivity (Wildman–Crippen MR) is 46.4 cm³/mol. The van der Waals surface area contributed by atoms with Gasteiger partial charge in [0.25, 0.3) is 0 Å². The third kappa shape index (κ3) is 1.34. The van der Waals surface area contributed by atoms with Crippen LogP contribution in [0.1, 0.15) is 40.6 Å². The molecule has 1 aliphatic carbocycles. The van der Waals surface area contributed by atoms with Crippen molar-refractivity contribution in [2.45, 2.75) is 25.9 Å². The molecule has 68 valence electrons. The summed E-state index contributed by atoms with van der Waals surface area (Å²) < 4.78 is 13.3. The maximum absolute atomic E-state index is 13.3. The molecule has 0 aromatic carbocycles. The van der Waals surface area contributed by atoms with Crippen LogP contribution in [-0.2, 0) is 0 Å². The summed E-state index contributed by atoms with van der Waals surface area (Å²) in [6.07, 6.45) is 1.18. The van der Waals surface area contributed by atoms with Crippen LogP contribution in [0.3, 0.4) is 0 Å². The van der Waals surface area contributed by atoms with Gasteiger partial charge in [-0.3, -0.25) is 9.78 Å². The summed E-state index contributed by atoms with van der Waals surface area (Å²) in [5.74, 6) is -0.0381. The number of hydrogen-bond acceptors (Lipinski definition) is 2. The van der Waals surface area contributed by atoms with Crippen LogP contribution < -0.4 is 0 Å². The van der Waals surface area contributed by atoms with E-state index in [0.29, 0.717) is 17.7 Å². The third-order valence-electron chi connectivity index (χ3n) is 2.28. The maximum atomic E-state index is 13.3. The van der Waals surface area contributed by atoms with Crippen molar-refractivity contribution in [1.29, 1.82) is 0 Å². The number of pyridine rings is 1. The number of carbonyl (C=O) groups is 1. The highest BCUT2D eigenvalue weighted by Crippen LogP contribution is 2.31. The molecule has 0 aliphatic heterocycles. The van der Waals surface area contributed by atoms with Gasteiger partial charge < -0.3 is 0 Å². The molecule has 1 aromatic rings. The first-order valence-electron chi connectivity index (χ1n) is 4.32. The molecule has 2 rings (SSSR count). The highest BCUT2D eigenvalue weighted by atomic mass is 19.1. The largest absolute Gasteiger partial charge is 0.292 e. The highest BCUT2D eigenvalue weighted by Gasteiger charge is 2.26. The second-order valence-corrected chi connectivity index (χ2v) is 3.38. The summed E-state index contributed by atoms with van der Waals surface area (Å²) in [7, 11) is 0. The summed E-state index contributed by atoms with van der Waals surface area (Å²) in [6.45, 7) is 1.85. The Balaban J connectivity index is 2.57. The fraction of sp³-hybridized carbons (Fsp3) is 0.400. The fourth-order valence-electron chi connectivity index (χ4n) is 1.60. The van der Waals surface area contributed by atoms with E-state index >= 15 is 0 Å². The maximum Gasteiger partial charge on any atom is 0.181 e. The van der Waals surface area contributed by atoms with Crippen LogP contribution in [0.4, 0.5) is 4.39 Å². The molecule has 0 bridgehead atoms. The summed E-state index contributed by atoms with van der Waals surface area (Å²) >= 11 is 0. The Hall–Kier alpha value is -1.25. The van der Waals surface area contributed by atoms with Crippen LogP contribution in [0, 0.1) is 6.92 Å². The first-order chi connectivity index (χ1) is 6.18. The lowest BCUT2D eigenvalue weighted by Crippen LogP contribution is -2.15. The summed E-state index contributed by atoms with van der Waals surface area (Å²) in [6, 6.07) is 1.71. The second-order valence-electron chi connectivity index (χ2n) is 3.38. The van der Waals surface area contributed by atoms with E-state index in [1.165, 1.54) is 0 Å². The van der Waals surface area contributed by atoms with Gasteiger partial charge in [0.05, 0.1) is 0 Å². The lowest BCUT2D eigenvalue weighted by atomic mass is 9.93. The molecule has 1 unspecified atom stereocenters. The number of hydrogen-bond donors (Lipinski definition) is 0. The Bertz CT molecular complexity index is 362. The normalized spacial score (nSPS) is 21.4. The van der Waals surface area contributed by atoms with Crippen LogP contribution in [0.5, 0.6) is 0 Å². The predicted octanol–water partition coefficient (Wildman–Crippen LogP) is 2.38. The molecule has 3 heteroatoms. The van der Waals surface area contributed by atoms with Crippen molar-refractivity contribution in [1.82, 2.24) is 4.98 Å². The van der Waals surface area contributed by atoms with Crippen molar-refractivity contribution in [3.63, 3.8) is 0 Å². The molecule has 0 saturated carbocycles. The van der Waals surface area contributed by atoms with Gasteiger partial charge >= 0.3 is 0 Å². The van der Waals surface area contributed by atoms with E-state index < -0.39 is 6.17 Å². The standard InChI is InChI=1S/C10H10FNO/c1-6-4-7-8(11)2-3-9(13)10(7)12-5-6/h4-5,8H,2-3H2,1H3. The molecule has 0 saturated heterocycles. The number of fused-ring (bicyclic) bond motifs is 1. The zero-order chi connectivity index (χ0) is 9.42. The Kier molecular flexibility index (Phi) is 1.87. The van der Waals surface area contributed by atoms with Gasteiger partial charge in [-0.25, -0.2) is 4.39 Å². The highest BCUT2D eigenvalue weighted by molar-refractivity contribution is 5.96. The average molecular weight is 179 g/mol. The molecule has 0 spiro atoms. The van der Waals surface area contributed by atoms with E-state index in [4.69, 9.17) is 0 Å². The zero-order valence-electron chi connectivity index (χ0n) is 7.38. The molecule has 0 amide bonds. The minimum absolute atomic E-state index is 0.0381. The van der Waals surface area contributed by atoms with Crippen LogP contribution in [0.15, 0.2) is 12.3 Å². The Morgan fingerprint density at radius 2 is 2.38 bits per heavy atom. The molecule has 1 atom stereocenters. The second kappa shape index (κ2) is 2.91. The van der Waals surface area contributed by atoms with Crippen LogP contribution >= 0.6 is 0 Å². The van der Waals surface area contributed by atoms with Gasteiger partial charge in [0.1, 0.15) is 11.9 Å². The Morgan fingerprint density at radius 3 is 3.15 bits per heavy atom. The number of carbonyl (C=O) groups excluding carboxylic acids is 1. The zero-order valence-corrected chi connectivity index (χ0v) is 7.38. The number of nitrogens with zero attached hydrogens (tertiary/aromatic N) is 1. The van der Waals surface area contributed by atoms with Gasteiger partial charge in [-0.15, -0.1) is 0 Å². The number of Topliss-reactive ketones (excluding diaryl/α,β-unsaturated/α-hetero) is 1. The average Bonchev–Trinajstić information content (AvgIpc) is 2.12. The SMILES string of the molecule is Cc1cnc2c(c1)C(F)CCC2=O. The molecule has 0 N–H and O–H groups in total. The molecule has 13 heavy (non-hydrogen) atoms. The number of alkyl halides is 1. The van der Waals surface area contributed by atoms with Gasteiger partial charge in [0.2, 0.25) is 0 Å². The molecular weight excluding hydrogens is 169 g/mol. The molecular formula is C10H10FNO. The van der Waals surface area contributed by atoms with Gasteiger partial charge in [-0.2, -0.15) is 0 Å². The van der Waals surface area contributed by atoms with Gasteiger partial charge in [0.15, 0.2) is 5.78 Å². The van der Waals surface area contributed by atoms with E-state index in [1.54, 1.807) is 12.3 Å². The van der Waals surface area contributed by atoms with E-state index in [-0.39, 0.29) is 12.2 Å². The van der Waals surface area contributed by atoms with Crippen molar-refractivity contribution in [3.8, 4) is 0 Å². The van der Waals surface area contributed by atoms with Crippen molar-refractivity contribution in [2.24, 2.45) is 0 Å². The Labute approximate surface area is 75.8 Å². The summed E-state index contributed by atoms with van der Waals surface area (Å²) in [4.78, 5) is 15.3. The smallest absolute Gasteiger partial charge is 0.181 e. The van der Waals surface area contributed by atoms with E-state index in [9.17, 15) is 9.18 Å². The topological polar surface area (TPSA) is 30.0 Å². The van der Waals surface area contributed by atoms with Crippen molar-refractivity contribution in [2.75, 3.05) is 0 Å². The van der Waals surface area contributed by atoms with E-state index in [1.807, 2.05) is 6.92 Å². The minimum Gasteiger partial charge on any atom is -0.292 e. The van der Waals surface area contributed by atoms with Gasteiger partial charge in [-0.1, -0.05) is 0 Å². The van der Waals surface area contributed by atoms with Crippen molar-refractivity contribution < 1.29 is 9.18 Å². The number of aryl methyl sites for hydroxylation is 1. The monoisotopic (exact) mass is 179 g/mol. The van der Waals surface area contributed by atoms with Gasteiger partial charge in [0, 0.05) is 18.2 Å². The van der Waals surface area contributed by atoms with E-state index in [0.717, 1.165) is 5.56 Å². The minimum atomic E-state index is -1.01. The van der Waals surface area contributed by atoms with Crippen LogP contribution in [-0.4, -0.2) is 10.8 Å². The third-order valence-corrected chi connectivity index (χ3v) is 2.28. The molecule has 1 aromatic heterocycles. The van der Waals surface area contributed by atoms with Gasteiger partial charge in [-0.05, 0) is 25.0 Å². The molecule has 0 radical (unpaired) electrons. The molecule has 2 nitrogen and oxygen atoms in total.